The van der Waals surface area contributed by atoms with Crippen LogP contribution < -0.4 is 5.32 Å². The highest BCUT2D eigenvalue weighted by molar-refractivity contribution is 6.25. The fraction of sp³-hybridized carbons (Fsp3) is 0.800. The molecule has 4 heteroatoms. The minimum Gasteiger partial charge on any atom is -0.444 e. The van der Waals surface area contributed by atoms with Gasteiger partial charge in [-0.1, -0.05) is 44.7 Å². The van der Waals surface area contributed by atoms with Crippen molar-refractivity contribution in [3.63, 3.8) is 0 Å². The summed E-state index contributed by atoms with van der Waals surface area (Å²) in [6.07, 6.45) is 4.34. The van der Waals surface area contributed by atoms with Crippen LogP contribution in [0.3, 0.4) is 0 Å². The Kier molecular flexibility index (Phi) is 8.90. The highest BCUT2D eigenvalue weighted by Crippen LogP contribution is 2.18. The number of nitrogens with one attached hydrogen (secondary N) is 1. The summed E-state index contributed by atoms with van der Waals surface area (Å²) < 4.78 is 5.19. The van der Waals surface area contributed by atoms with Gasteiger partial charge in [-0.15, -0.1) is 0 Å². The largest absolute Gasteiger partial charge is 0.444 e. The van der Waals surface area contributed by atoms with Gasteiger partial charge in [0, 0.05) is 12.1 Å². The number of carbonyl (C=O) groups excluding carboxylic acids is 1. The Balaban J connectivity index is 4.10. The van der Waals surface area contributed by atoms with Crippen LogP contribution in [0.25, 0.3) is 0 Å². The predicted molar refractivity (Wildman–Crippen MR) is 81.5 cm³/mol. The zero-order chi connectivity index (χ0) is 14.9. The van der Waals surface area contributed by atoms with Gasteiger partial charge in [0.05, 0.1) is 0 Å². The van der Waals surface area contributed by atoms with E-state index in [0.717, 1.165) is 12.0 Å². The summed E-state index contributed by atoms with van der Waals surface area (Å²) in [6, 6.07) is 0. The Morgan fingerprint density at radius 1 is 1.37 bits per heavy atom. The fourth-order valence-electron chi connectivity index (χ4n) is 1.69. The standard InChI is InChI=1S/C15H28ClNO2/c1-6-7-8-9-12(2)13(10-16)11-17-14(18)19-15(3,4)5/h10,12H,6-9,11H2,1-5H3,(H,17,18)/b13-10+. The lowest BCUT2D eigenvalue weighted by Gasteiger charge is -2.21. The Morgan fingerprint density at radius 3 is 2.47 bits per heavy atom. The molecule has 1 atom stereocenters. The van der Waals surface area contributed by atoms with E-state index in [-0.39, 0.29) is 0 Å². The SMILES string of the molecule is CCCCCC(C)/C(=C/Cl)CNC(=O)OC(C)(C)C. The molecule has 0 aliphatic heterocycles. The summed E-state index contributed by atoms with van der Waals surface area (Å²) in [4.78, 5) is 11.6. The quantitative estimate of drug-likeness (QED) is 0.680. The molecule has 0 radical (unpaired) electrons. The molecule has 1 N–H and O–H groups in total. The lowest BCUT2D eigenvalue weighted by Crippen LogP contribution is -2.34. The number of amides is 1. The molecule has 3 nitrogen and oxygen atoms in total. The minimum absolute atomic E-state index is 0.388. The molecule has 112 valence electrons. The fourth-order valence-corrected chi connectivity index (χ4v) is 1.99. The van der Waals surface area contributed by atoms with E-state index in [1.165, 1.54) is 19.3 Å². The number of unbranched alkanes of at least 4 members (excludes halogenated alkanes) is 2. The van der Waals surface area contributed by atoms with E-state index in [2.05, 4.69) is 19.2 Å². The van der Waals surface area contributed by atoms with Crippen molar-refractivity contribution < 1.29 is 9.53 Å². The molecular formula is C15H28ClNO2. The molecule has 0 aliphatic carbocycles. The van der Waals surface area contributed by atoms with Crippen LogP contribution >= 0.6 is 11.6 Å². The van der Waals surface area contributed by atoms with Crippen LogP contribution in [0.2, 0.25) is 0 Å². The Labute approximate surface area is 122 Å². The molecule has 19 heavy (non-hydrogen) atoms. The van der Waals surface area contributed by atoms with Crippen molar-refractivity contribution in [1.82, 2.24) is 5.32 Å². The third kappa shape index (κ3) is 9.83. The van der Waals surface area contributed by atoms with Crippen LogP contribution in [0.1, 0.15) is 60.3 Å². The first-order chi connectivity index (χ1) is 8.80. The zero-order valence-corrected chi connectivity index (χ0v) is 13.6. The van der Waals surface area contributed by atoms with Gasteiger partial charge in [0.25, 0.3) is 0 Å². The summed E-state index contributed by atoms with van der Waals surface area (Å²) >= 11 is 5.84. The van der Waals surface area contributed by atoms with E-state index < -0.39 is 11.7 Å². The van der Waals surface area contributed by atoms with Crippen LogP contribution in [-0.4, -0.2) is 18.2 Å². The van der Waals surface area contributed by atoms with E-state index in [9.17, 15) is 4.79 Å². The average Bonchev–Trinajstić information content (AvgIpc) is 2.27. The Hall–Kier alpha value is -0.700. The summed E-state index contributed by atoms with van der Waals surface area (Å²) in [5, 5.41) is 2.75. The number of hydrogen-bond donors (Lipinski definition) is 1. The summed E-state index contributed by atoms with van der Waals surface area (Å²) in [5.74, 6) is 0.388. The van der Waals surface area contributed by atoms with Crippen LogP contribution in [0.15, 0.2) is 11.1 Å². The molecule has 0 spiro atoms. The second-order valence-electron chi connectivity index (χ2n) is 5.94. The van der Waals surface area contributed by atoms with Crippen LogP contribution in [0, 0.1) is 5.92 Å². The summed E-state index contributed by atoms with van der Waals surface area (Å²) in [7, 11) is 0. The molecule has 0 rings (SSSR count). The predicted octanol–water partition coefficient (Wildman–Crippen LogP) is 4.85. The molecule has 0 bridgehead atoms. The van der Waals surface area contributed by atoms with Gasteiger partial charge in [0.1, 0.15) is 5.60 Å². The molecule has 0 aromatic rings. The number of rotatable bonds is 7. The van der Waals surface area contributed by atoms with Crippen LogP contribution in [0.4, 0.5) is 4.79 Å². The van der Waals surface area contributed by atoms with Gasteiger partial charge in [-0.2, -0.15) is 0 Å². The first kappa shape index (κ1) is 18.3. The van der Waals surface area contributed by atoms with E-state index in [4.69, 9.17) is 16.3 Å². The molecule has 0 aromatic heterocycles. The number of alkyl carbamates (subject to hydrolysis) is 1. The molecule has 0 saturated carbocycles. The van der Waals surface area contributed by atoms with E-state index in [1.54, 1.807) is 5.54 Å². The van der Waals surface area contributed by atoms with Gasteiger partial charge < -0.3 is 10.1 Å². The molecule has 0 fully saturated rings. The van der Waals surface area contributed by atoms with Gasteiger partial charge in [-0.05, 0) is 38.7 Å². The van der Waals surface area contributed by atoms with Crippen LogP contribution in [0.5, 0.6) is 0 Å². The number of ether oxygens (including phenoxy) is 1. The maximum atomic E-state index is 11.6. The normalized spacial score (nSPS) is 14.1. The number of halogens is 1. The third-order valence-electron chi connectivity index (χ3n) is 2.85. The van der Waals surface area contributed by atoms with Crippen molar-refractivity contribution in [2.24, 2.45) is 5.92 Å². The maximum absolute atomic E-state index is 11.6. The molecule has 1 amide bonds. The van der Waals surface area contributed by atoms with Crippen LogP contribution in [-0.2, 0) is 4.74 Å². The van der Waals surface area contributed by atoms with Gasteiger partial charge in [-0.25, -0.2) is 4.79 Å². The van der Waals surface area contributed by atoms with E-state index in [0.29, 0.717) is 12.5 Å². The van der Waals surface area contributed by atoms with Crippen molar-refractivity contribution in [1.29, 1.82) is 0 Å². The number of hydrogen-bond acceptors (Lipinski definition) is 2. The minimum atomic E-state index is -0.471. The Morgan fingerprint density at radius 2 is 2.00 bits per heavy atom. The Bertz CT molecular complexity index is 295. The van der Waals surface area contributed by atoms with E-state index >= 15 is 0 Å². The molecule has 0 heterocycles. The molecular weight excluding hydrogens is 262 g/mol. The lowest BCUT2D eigenvalue weighted by atomic mass is 9.96. The van der Waals surface area contributed by atoms with E-state index in [1.807, 2.05) is 20.8 Å². The summed E-state index contributed by atoms with van der Waals surface area (Å²) in [5.41, 5.74) is 2.15. The molecule has 0 saturated heterocycles. The van der Waals surface area contributed by atoms with Gasteiger partial charge in [0.15, 0.2) is 0 Å². The first-order valence-electron chi connectivity index (χ1n) is 7.06. The monoisotopic (exact) mass is 289 g/mol. The first-order valence-corrected chi connectivity index (χ1v) is 7.49. The lowest BCUT2D eigenvalue weighted by molar-refractivity contribution is 0.0531. The van der Waals surface area contributed by atoms with Crippen molar-refractivity contribution in [3.05, 3.63) is 11.1 Å². The average molecular weight is 290 g/mol. The second kappa shape index (κ2) is 9.24. The molecule has 0 aromatic carbocycles. The van der Waals surface area contributed by atoms with Gasteiger partial charge >= 0.3 is 6.09 Å². The highest BCUT2D eigenvalue weighted by Gasteiger charge is 2.17. The smallest absolute Gasteiger partial charge is 0.407 e. The van der Waals surface area contributed by atoms with Gasteiger partial charge in [-0.3, -0.25) is 0 Å². The van der Waals surface area contributed by atoms with Crippen molar-refractivity contribution in [2.75, 3.05) is 6.54 Å². The second-order valence-corrected chi connectivity index (χ2v) is 6.15. The maximum Gasteiger partial charge on any atom is 0.407 e. The van der Waals surface area contributed by atoms with Gasteiger partial charge in [0.2, 0.25) is 0 Å². The third-order valence-corrected chi connectivity index (χ3v) is 3.13. The summed E-state index contributed by atoms with van der Waals surface area (Å²) in [6.45, 7) is 10.3. The molecule has 1 unspecified atom stereocenters. The molecule has 0 aliphatic rings. The van der Waals surface area contributed by atoms with Crippen molar-refractivity contribution in [2.45, 2.75) is 65.9 Å². The topological polar surface area (TPSA) is 38.3 Å². The van der Waals surface area contributed by atoms with Crippen molar-refractivity contribution >= 4 is 17.7 Å². The zero-order valence-electron chi connectivity index (χ0n) is 12.9. The number of carbonyl (C=O) groups is 1. The van der Waals surface area contributed by atoms with Crippen molar-refractivity contribution in [3.8, 4) is 0 Å². The highest BCUT2D eigenvalue weighted by atomic mass is 35.5.